The summed E-state index contributed by atoms with van der Waals surface area (Å²) in [5, 5.41) is 11.8. The smallest absolute Gasteiger partial charge is 0.295 e. The van der Waals surface area contributed by atoms with Gasteiger partial charge in [0.25, 0.3) is 11.7 Å². The lowest BCUT2D eigenvalue weighted by molar-refractivity contribution is -0.140. The highest BCUT2D eigenvalue weighted by Crippen LogP contribution is 2.40. The average molecular weight is 499 g/mol. The number of morpholine rings is 1. The lowest BCUT2D eigenvalue weighted by atomic mass is 9.95. The number of halogens is 1. The molecule has 0 spiro atoms. The lowest BCUT2D eigenvalue weighted by Crippen LogP contribution is -2.38. The van der Waals surface area contributed by atoms with E-state index in [1.807, 2.05) is 13.8 Å². The number of Topliss-reactive ketones (excluding diaryl/α,β-unsaturated/α-hetero) is 1. The number of benzene rings is 2. The Morgan fingerprint density at radius 1 is 1.06 bits per heavy atom. The first-order valence-electron chi connectivity index (χ1n) is 12.0. The number of ether oxygens (including phenoxy) is 2. The molecule has 0 saturated carbocycles. The van der Waals surface area contributed by atoms with Crippen LogP contribution in [0.1, 0.15) is 37.4 Å². The first kappa shape index (κ1) is 25.2. The van der Waals surface area contributed by atoms with Gasteiger partial charge in [0.05, 0.1) is 30.9 Å². The van der Waals surface area contributed by atoms with Crippen molar-refractivity contribution < 1.29 is 24.2 Å². The Balaban J connectivity index is 1.64. The van der Waals surface area contributed by atoms with E-state index in [1.165, 1.54) is 0 Å². The molecule has 1 unspecified atom stereocenters. The van der Waals surface area contributed by atoms with Crippen LogP contribution in [0.15, 0.2) is 54.1 Å². The molecule has 186 valence electrons. The third-order valence-electron chi connectivity index (χ3n) is 6.20. The van der Waals surface area contributed by atoms with Gasteiger partial charge in [0.1, 0.15) is 11.5 Å². The molecule has 2 saturated heterocycles. The molecule has 2 aromatic rings. The van der Waals surface area contributed by atoms with Gasteiger partial charge in [-0.25, -0.2) is 0 Å². The highest BCUT2D eigenvalue weighted by Gasteiger charge is 2.45. The van der Waals surface area contributed by atoms with Crippen molar-refractivity contribution in [1.82, 2.24) is 9.80 Å². The molecule has 1 N–H and O–H groups in total. The molecule has 2 aliphatic heterocycles. The Morgan fingerprint density at radius 3 is 2.34 bits per heavy atom. The quantitative estimate of drug-likeness (QED) is 0.332. The van der Waals surface area contributed by atoms with E-state index in [-0.39, 0.29) is 17.4 Å². The second-order valence-corrected chi connectivity index (χ2v) is 9.48. The Bertz CT molecular complexity index is 1080. The van der Waals surface area contributed by atoms with E-state index in [9.17, 15) is 14.7 Å². The van der Waals surface area contributed by atoms with Crippen molar-refractivity contribution in [3.8, 4) is 5.75 Å². The molecule has 2 fully saturated rings. The molecular formula is C27H31ClN2O5. The first-order valence-corrected chi connectivity index (χ1v) is 12.3. The van der Waals surface area contributed by atoms with E-state index < -0.39 is 17.7 Å². The van der Waals surface area contributed by atoms with Gasteiger partial charge >= 0.3 is 0 Å². The largest absolute Gasteiger partial charge is 0.507 e. The molecule has 7 nitrogen and oxygen atoms in total. The van der Waals surface area contributed by atoms with Gasteiger partial charge in [-0.2, -0.15) is 0 Å². The number of hydrogen-bond donors (Lipinski definition) is 1. The van der Waals surface area contributed by atoms with Crippen LogP contribution in [0.5, 0.6) is 5.75 Å². The van der Waals surface area contributed by atoms with E-state index >= 15 is 0 Å². The van der Waals surface area contributed by atoms with Gasteiger partial charge in [-0.1, -0.05) is 23.7 Å². The number of nitrogens with zero attached hydrogens (tertiary/aromatic N) is 2. The summed E-state index contributed by atoms with van der Waals surface area (Å²) in [4.78, 5) is 30.1. The second-order valence-electron chi connectivity index (χ2n) is 9.04. The van der Waals surface area contributed by atoms with Crippen LogP contribution in [0.3, 0.4) is 0 Å². The Kier molecular flexibility index (Phi) is 8.11. The molecule has 2 heterocycles. The van der Waals surface area contributed by atoms with Gasteiger partial charge in [-0.15, -0.1) is 0 Å². The van der Waals surface area contributed by atoms with Crippen molar-refractivity contribution in [3.63, 3.8) is 0 Å². The van der Waals surface area contributed by atoms with Crippen LogP contribution >= 0.6 is 11.6 Å². The van der Waals surface area contributed by atoms with E-state index in [0.717, 1.165) is 25.2 Å². The van der Waals surface area contributed by atoms with Crippen LogP contribution in [0.2, 0.25) is 5.02 Å². The van der Waals surface area contributed by atoms with E-state index in [1.54, 1.807) is 53.4 Å². The minimum Gasteiger partial charge on any atom is -0.507 e. The van der Waals surface area contributed by atoms with Crippen molar-refractivity contribution in [3.05, 3.63) is 70.3 Å². The van der Waals surface area contributed by atoms with Crippen molar-refractivity contribution >= 4 is 29.1 Å². The van der Waals surface area contributed by atoms with Crippen LogP contribution in [-0.4, -0.2) is 72.1 Å². The summed E-state index contributed by atoms with van der Waals surface area (Å²) in [6, 6.07) is 13.2. The molecule has 0 aliphatic carbocycles. The predicted molar refractivity (Wildman–Crippen MR) is 135 cm³/mol. The van der Waals surface area contributed by atoms with Crippen molar-refractivity contribution in [1.29, 1.82) is 0 Å². The number of aliphatic hydroxyl groups is 1. The molecule has 2 aromatic carbocycles. The van der Waals surface area contributed by atoms with Gasteiger partial charge in [0.15, 0.2) is 0 Å². The topological polar surface area (TPSA) is 79.3 Å². The summed E-state index contributed by atoms with van der Waals surface area (Å²) in [5.74, 6) is -0.825. The summed E-state index contributed by atoms with van der Waals surface area (Å²) < 4.78 is 11.1. The zero-order valence-corrected chi connectivity index (χ0v) is 20.8. The maximum absolute atomic E-state index is 13.2. The Labute approximate surface area is 210 Å². The van der Waals surface area contributed by atoms with E-state index in [2.05, 4.69) is 4.90 Å². The fourth-order valence-corrected chi connectivity index (χ4v) is 4.64. The summed E-state index contributed by atoms with van der Waals surface area (Å²) in [7, 11) is 0. The fraction of sp³-hybridized carbons (Fsp3) is 0.407. The summed E-state index contributed by atoms with van der Waals surface area (Å²) >= 11 is 6.09. The normalized spacial score (nSPS) is 20.6. The third kappa shape index (κ3) is 5.86. The second kappa shape index (κ2) is 11.2. The zero-order chi connectivity index (χ0) is 24.9. The number of likely N-dealkylation sites (tertiary alicyclic amines) is 1. The first-order chi connectivity index (χ1) is 16.8. The number of amides is 1. The summed E-state index contributed by atoms with van der Waals surface area (Å²) in [6.07, 6.45) is 0.723. The maximum atomic E-state index is 13.2. The van der Waals surface area contributed by atoms with E-state index in [0.29, 0.717) is 42.5 Å². The minimum atomic E-state index is -0.691. The minimum absolute atomic E-state index is 0.0159. The highest BCUT2D eigenvalue weighted by atomic mass is 35.5. The Hall–Kier alpha value is -2.87. The van der Waals surface area contributed by atoms with Gasteiger partial charge in [0, 0.05) is 36.8 Å². The van der Waals surface area contributed by atoms with E-state index in [4.69, 9.17) is 21.1 Å². The molecule has 4 rings (SSSR count). The maximum Gasteiger partial charge on any atom is 0.295 e. The predicted octanol–water partition coefficient (Wildman–Crippen LogP) is 4.27. The zero-order valence-electron chi connectivity index (χ0n) is 20.1. The molecule has 2 aliphatic rings. The standard InChI is InChI=1S/C27H31ClN2O5/c1-18(2)35-22-10-6-20(7-11-22)25(31)23-24(19-4-8-21(28)9-5-19)30(27(33)26(23)32)13-3-12-29-14-16-34-17-15-29/h4-11,18,24,31H,3,12-17H2,1-2H3/b25-23+. The summed E-state index contributed by atoms with van der Waals surface area (Å²) in [6.45, 7) is 8.18. The third-order valence-corrected chi connectivity index (χ3v) is 6.45. The molecule has 1 amide bonds. The number of hydrogen-bond acceptors (Lipinski definition) is 6. The van der Waals surface area contributed by atoms with Crippen LogP contribution in [-0.2, 0) is 14.3 Å². The molecule has 0 bridgehead atoms. The van der Waals surface area contributed by atoms with Crippen LogP contribution in [0.4, 0.5) is 0 Å². The molecule has 1 atom stereocenters. The highest BCUT2D eigenvalue weighted by molar-refractivity contribution is 6.46. The van der Waals surface area contributed by atoms with Gasteiger partial charge < -0.3 is 19.5 Å². The number of aliphatic hydroxyl groups excluding tert-OH is 1. The van der Waals surface area contributed by atoms with Crippen molar-refractivity contribution in [2.24, 2.45) is 0 Å². The number of carbonyl (C=O) groups is 2. The molecular weight excluding hydrogens is 468 g/mol. The number of ketones is 1. The van der Waals surface area contributed by atoms with Gasteiger partial charge in [-0.05, 0) is 62.2 Å². The number of rotatable bonds is 8. The Morgan fingerprint density at radius 2 is 1.71 bits per heavy atom. The molecule has 0 aromatic heterocycles. The molecule has 0 radical (unpaired) electrons. The number of carbonyl (C=O) groups excluding carboxylic acids is 2. The lowest BCUT2D eigenvalue weighted by Gasteiger charge is -2.29. The SMILES string of the molecule is CC(C)Oc1ccc(/C(O)=C2\C(=O)C(=O)N(CCCN3CCOCC3)C2c2ccc(Cl)cc2)cc1. The molecule has 35 heavy (non-hydrogen) atoms. The van der Waals surface area contributed by atoms with Crippen LogP contribution in [0, 0.1) is 0 Å². The van der Waals surface area contributed by atoms with Gasteiger partial charge in [0.2, 0.25) is 0 Å². The molecule has 8 heteroatoms. The fourth-order valence-electron chi connectivity index (χ4n) is 4.51. The monoisotopic (exact) mass is 498 g/mol. The van der Waals surface area contributed by atoms with Gasteiger partial charge in [-0.3, -0.25) is 14.5 Å². The van der Waals surface area contributed by atoms with Crippen LogP contribution < -0.4 is 4.74 Å². The summed E-state index contributed by atoms with van der Waals surface area (Å²) in [5.41, 5.74) is 1.26. The average Bonchev–Trinajstić information content (AvgIpc) is 3.10. The van der Waals surface area contributed by atoms with Crippen LogP contribution in [0.25, 0.3) is 5.76 Å². The van der Waals surface area contributed by atoms with Crippen molar-refractivity contribution in [2.75, 3.05) is 39.4 Å². The van der Waals surface area contributed by atoms with Crippen molar-refractivity contribution in [2.45, 2.75) is 32.4 Å².